The smallest absolute Gasteiger partial charge is 0.417 e. The van der Waals surface area contributed by atoms with Crippen LogP contribution < -0.4 is 10.1 Å². The quantitative estimate of drug-likeness (QED) is 0.849. The summed E-state index contributed by atoms with van der Waals surface area (Å²) in [6.45, 7) is 3.55. The van der Waals surface area contributed by atoms with Crippen LogP contribution in [0.15, 0.2) is 12.1 Å². The third-order valence-corrected chi connectivity index (χ3v) is 3.46. The van der Waals surface area contributed by atoms with Crippen LogP contribution >= 0.6 is 0 Å². The van der Waals surface area contributed by atoms with E-state index in [4.69, 9.17) is 9.84 Å². The Kier molecular flexibility index (Phi) is 4.78. The molecule has 2 rings (SSSR count). The Morgan fingerprint density at radius 2 is 1.86 bits per heavy atom. The summed E-state index contributed by atoms with van der Waals surface area (Å²) in [4.78, 5) is 0. The van der Waals surface area contributed by atoms with Crippen LogP contribution in [0.5, 0.6) is 5.75 Å². The number of aliphatic hydroxyl groups is 1. The molecule has 2 N–H and O–H groups in total. The van der Waals surface area contributed by atoms with E-state index in [0.29, 0.717) is 11.8 Å². The van der Waals surface area contributed by atoms with Crippen molar-refractivity contribution in [2.45, 2.75) is 51.6 Å². The summed E-state index contributed by atoms with van der Waals surface area (Å²) in [6.07, 6.45) is -4.72. The third kappa shape index (κ3) is 4.61. The molecule has 1 atom stereocenters. The molecule has 21 heavy (non-hydrogen) atoms. The molecule has 0 heterocycles. The molecular formula is C15H20F3NO2. The molecule has 1 saturated carbocycles. The molecule has 0 saturated heterocycles. The van der Waals surface area contributed by atoms with Gasteiger partial charge in [-0.15, -0.1) is 0 Å². The van der Waals surface area contributed by atoms with Crippen LogP contribution in [0.1, 0.15) is 29.5 Å². The Labute approximate surface area is 122 Å². The lowest BCUT2D eigenvalue weighted by molar-refractivity contribution is -0.210. The van der Waals surface area contributed by atoms with Crippen LogP contribution in [0.3, 0.4) is 0 Å². The lowest BCUT2D eigenvalue weighted by Crippen LogP contribution is -2.34. The zero-order valence-corrected chi connectivity index (χ0v) is 12.1. The van der Waals surface area contributed by atoms with Gasteiger partial charge in [-0.3, -0.25) is 0 Å². The highest BCUT2D eigenvalue weighted by atomic mass is 19.4. The lowest BCUT2D eigenvalue weighted by atomic mass is 10.1. The van der Waals surface area contributed by atoms with Crippen LogP contribution in [0.4, 0.5) is 13.2 Å². The molecule has 1 aliphatic rings. The molecular weight excluding hydrogens is 283 g/mol. The van der Waals surface area contributed by atoms with E-state index < -0.39 is 18.9 Å². The van der Waals surface area contributed by atoms with Gasteiger partial charge in [0.2, 0.25) is 0 Å². The summed E-state index contributed by atoms with van der Waals surface area (Å²) in [5, 5.41) is 12.4. The topological polar surface area (TPSA) is 41.5 Å². The fourth-order valence-electron chi connectivity index (χ4n) is 2.18. The van der Waals surface area contributed by atoms with Crippen molar-refractivity contribution >= 4 is 0 Å². The zero-order valence-electron chi connectivity index (χ0n) is 12.1. The molecule has 0 radical (unpaired) electrons. The Bertz CT molecular complexity index is 475. The second-order valence-electron chi connectivity index (χ2n) is 5.58. The molecule has 1 unspecified atom stereocenters. The number of ether oxygens (including phenoxy) is 1. The Balaban J connectivity index is 1.99. The van der Waals surface area contributed by atoms with Gasteiger partial charge in [-0.2, -0.15) is 13.2 Å². The molecule has 118 valence electrons. The highest BCUT2D eigenvalue weighted by Crippen LogP contribution is 2.27. The SMILES string of the molecule is Cc1cc(CNC2CC2)cc(C)c1OCC(O)C(F)(F)F. The molecule has 1 fully saturated rings. The summed E-state index contributed by atoms with van der Waals surface area (Å²) >= 11 is 0. The number of rotatable bonds is 6. The van der Waals surface area contributed by atoms with Gasteiger partial charge in [0.15, 0.2) is 6.10 Å². The molecule has 1 aliphatic carbocycles. The van der Waals surface area contributed by atoms with Crippen molar-refractivity contribution in [3.8, 4) is 5.75 Å². The first-order valence-electron chi connectivity index (χ1n) is 6.98. The largest absolute Gasteiger partial charge is 0.490 e. The highest BCUT2D eigenvalue weighted by molar-refractivity contribution is 5.43. The van der Waals surface area contributed by atoms with Gasteiger partial charge in [-0.1, -0.05) is 12.1 Å². The van der Waals surface area contributed by atoms with E-state index in [1.54, 1.807) is 13.8 Å². The number of hydrogen-bond donors (Lipinski definition) is 2. The maximum atomic E-state index is 12.3. The third-order valence-electron chi connectivity index (χ3n) is 3.46. The van der Waals surface area contributed by atoms with Crippen molar-refractivity contribution < 1.29 is 23.0 Å². The Morgan fingerprint density at radius 1 is 1.29 bits per heavy atom. The van der Waals surface area contributed by atoms with Gasteiger partial charge < -0.3 is 15.2 Å². The minimum atomic E-state index is -4.66. The normalized spacial score (nSPS) is 16.9. The maximum Gasteiger partial charge on any atom is 0.417 e. The molecule has 0 aliphatic heterocycles. The van der Waals surface area contributed by atoms with Crippen molar-refractivity contribution in [3.63, 3.8) is 0 Å². The van der Waals surface area contributed by atoms with Crippen molar-refractivity contribution in [3.05, 3.63) is 28.8 Å². The summed E-state index contributed by atoms with van der Waals surface area (Å²) in [5.41, 5.74) is 2.63. The number of nitrogens with one attached hydrogen (secondary N) is 1. The van der Waals surface area contributed by atoms with E-state index in [9.17, 15) is 13.2 Å². The van der Waals surface area contributed by atoms with Crippen molar-refractivity contribution in [1.82, 2.24) is 5.32 Å². The van der Waals surface area contributed by atoms with Gasteiger partial charge in [0.1, 0.15) is 12.4 Å². The molecule has 3 nitrogen and oxygen atoms in total. The van der Waals surface area contributed by atoms with Gasteiger partial charge in [-0.25, -0.2) is 0 Å². The van der Waals surface area contributed by atoms with E-state index in [1.807, 2.05) is 12.1 Å². The van der Waals surface area contributed by atoms with Gasteiger partial charge in [0.05, 0.1) is 0 Å². The van der Waals surface area contributed by atoms with Gasteiger partial charge >= 0.3 is 6.18 Å². The standard InChI is InChI=1S/C15H20F3NO2/c1-9-5-11(7-19-12-3-4-12)6-10(2)14(9)21-8-13(20)15(16,17)18/h5-6,12-13,19-20H,3-4,7-8H2,1-2H3. The number of benzene rings is 1. The van der Waals surface area contributed by atoms with Crippen molar-refractivity contribution in [2.75, 3.05) is 6.61 Å². The molecule has 0 spiro atoms. The molecule has 0 bridgehead atoms. The monoisotopic (exact) mass is 303 g/mol. The summed E-state index contributed by atoms with van der Waals surface area (Å²) in [6, 6.07) is 4.40. The first-order valence-corrected chi connectivity index (χ1v) is 6.98. The summed E-state index contributed by atoms with van der Waals surface area (Å²) in [7, 11) is 0. The van der Waals surface area contributed by atoms with E-state index >= 15 is 0 Å². The van der Waals surface area contributed by atoms with Crippen molar-refractivity contribution in [1.29, 1.82) is 0 Å². The van der Waals surface area contributed by atoms with Crippen LogP contribution in [0.25, 0.3) is 0 Å². The van der Waals surface area contributed by atoms with Gasteiger partial charge in [0.25, 0.3) is 0 Å². The molecule has 0 amide bonds. The van der Waals surface area contributed by atoms with Crippen LogP contribution in [-0.4, -0.2) is 30.0 Å². The first-order chi connectivity index (χ1) is 9.77. The van der Waals surface area contributed by atoms with E-state index in [1.165, 1.54) is 12.8 Å². The number of halogens is 3. The zero-order chi connectivity index (χ0) is 15.6. The predicted molar refractivity (Wildman–Crippen MR) is 73.3 cm³/mol. The Morgan fingerprint density at radius 3 is 2.33 bits per heavy atom. The number of aryl methyl sites for hydroxylation is 2. The van der Waals surface area contributed by atoms with E-state index in [0.717, 1.165) is 23.2 Å². The molecule has 1 aromatic carbocycles. The Hall–Kier alpha value is -1.27. The molecule has 6 heteroatoms. The fourth-order valence-corrected chi connectivity index (χ4v) is 2.18. The average Bonchev–Trinajstić information content (AvgIpc) is 3.17. The predicted octanol–water partition coefficient (Wildman–Crippen LogP) is 2.86. The second kappa shape index (κ2) is 6.23. The van der Waals surface area contributed by atoms with Crippen molar-refractivity contribution in [2.24, 2.45) is 0 Å². The highest BCUT2D eigenvalue weighted by Gasteiger charge is 2.38. The van der Waals surface area contributed by atoms with Crippen LogP contribution in [0.2, 0.25) is 0 Å². The fraction of sp³-hybridized carbons (Fsp3) is 0.600. The number of aliphatic hydroxyl groups excluding tert-OH is 1. The van der Waals surface area contributed by atoms with Gasteiger partial charge in [-0.05, 0) is 43.4 Å². The summed E-state index contributed by atoms with van der Waals surface area (Å²) < 4.78 is 41.9. The molecule has 1 aromatic rings. The van der Waals surface area contributed by atoms with E-state index in [2.05, 4.69) is 5.32 Å². The minimum Gasteiger partial charge on any atom is -0.490 e. The maximum absolute atomic E-state index is 12.3. The average molecular weight is 303 g/mol. The second-order valence-corrected chi connectivity index (χ2v) is 5.58. The number of hydrogen-bond acceptors (Lipinski definition) is 3. The summed E-state index contributed by atoms with van der Waals surface area (Å²) in [5.74, 6) is 0.411. The number of alkyl halides is 3. The first kappa shape index (κ1) is 16.1. The molecule has 0 aromatic heterocycles. The minimum absolute atomic E-state index is 0.411. The van der Waals surface area contributed by atoms with Crippen LogP contribution in [-0.2, 0) is 6.54 Å². The van der Waals surface area contributed by atoms with Crippen LogP contribution in [0, 0.1) is 13.8 Å². The van der Waals surface area contributed by atoms with Gasteiger partial charge in [0, 0.05) is 12.6 Å². The lowest BCUT2D eigenvalue weighted by Gasteiger charge is -2.18. The van der Waals surface area contributed by atoms with E-state index in [-0.39, 0.29) is 0 Å².